The van der Waals surface area contributed by atoms with Crippen LogP contribution in [0.3, 0.4) is 0 Å². The van der Waals surface area contributed by atoms with E-state index < -0.39 is 23.4 Å². The van der Waals surface area contributed by atoms with E-state index in [0.29, 0.717) is 11.4 Å². The van der Waals surface area contributed by atoms with Crippen LogP contribution in [0, 0.1) is 25.5 Å². The molecule has 0 bridgehead atoms. The average Bonchev–Trinajstić information content (AvgIpc) is 2.72. The number of hydrogen-bond acceptors (Lipinski definition) is 2. The number of nitrogens with one attached hydrogen (secondary N) is 2. The molecule has 0 atom stereocenters. The lowest BCUT2D eigenvalue weighted by Gasteiger charge is -2.13. The zero-order chi connectivity index (χ0) is 21.7. The normalized spacial score (nSPS) is 10.3. The van der Waals surface area contributed by atoms with E-state index in [1.54, 1.807) is 24.3 Å². The number of carbonyl (C=O) groups is 2. The molecule has 0 aromatic heterocycles. The van der Waals surface area contributed by atoms with Crippen LogP contribution in [-0.2, 0) is 9.59 Å². The van der Waals surface area contributed by atoms with E-state index in [9.17, 15) is 18.4 Å². The molecule has 0 heterocycles. The van der Waals surface area contributed by atoms with Gasteiger partial charge in [-0.25, -0.2) is 8.78 Å². The number of aryl methyl sites for hydroxylation is 2. The van der Waals surface area contributed by atoms with Crippen molar-refractivity contribution < 1.29 is 18.4 Å². The van der Waals surface area contributed by atoms with Gasteiger partial charge < -0.3 is 10.6 Å². The first-order valence-electron chi connectivity index (χ1n) is 9.26. The van der Waals surface area contributed by atoms with Crippen LogP contribution in [0.5, 0.6) is 0 Å². The lowest BCUT2D eigenvalue weighted by molar-refractivity contribution is -0.118. The summed E-state index contributed by atoms with van der Waals surface area (Å²) in [5, 5.41) is 5.40. The van der Waals surface area contributed by atoms with Gasteiger partial charge in [0.25, 0.3) is 11.8 Å². The van der Waals surface area contributed by atoms with Crippen molar-refractivity contribution >= 4 is 29.3 Å². The molecule has 0 saturated carbocycles. The van der Waals surface area contributed by atoms with Gasteiger partial charge >= 0.3 is 0 Å². The van der Waals surface area contributed by atoms with Crippen LogP contribution in [0.15, 0.2) is 72.3 Å². The van der Waals surface area contributed by atoms with E-state index >= 15 is 0 Å². The summed E-state index contributed by atoms with van der Waals surface area (Å²) >= 11 is 0. The van der Waals surface area contributed by atoms with Crippen LogP contribution in [0.1, 0.15) is 16.7 Å². The van der Waals surface area contributed by atoms with Crippen molar-refractivity contribution in [3.8, 4) is 0 Å². The van der Waals surface area contributed by atoms with Crippen LogP contribution in [0.2, 0.25) is 0 Å². The highest BCUT2D eigenvalue weighted by molar-refractivity contribution is 6.29. The van der Waals surface area contributed by atoms with Crippen LogP contribution >= 0.6 is 0 Å². The Hall–Kier alpha value is -3.80. The minimum atomic E-state index is -1.07. The largest absolute Gasteiger partial charge is 0.322 e. The number of para-hydroxylation sites is 2. The predicted molar refractivity (Wildman–Crippen MR) is 114 cm³/mol. The van der Waals surface area contributed by atoms with E-state index in [0.717, 1.165) is 23.3 Å². The average molecular weight is 406 g/mol. The number of rotatable bonds is 5. The van der Waals surface area contributed by atoms with Gasteiger partial charge in [0, 0.05) is 11.4 Å². The third-order valence-electron chi connectivity index (χ3n) is 4.53. The van der Waals surface area contributed by atoms with Crippen LogP contribution < -0.4 is 10.6 Å². The van der Waals surface area contributed by atoms with E-state index in [-0.39, 0.29) is 11.1 Å². The first-order valence-corrected chi connectivity index (χ1v) is 9.26. The van der Waals surface area contributed by atoms with Gasteiger partial charge in [0.1, 0.15) is 5.57 Å². The number of amides is 2. The van der Waals surface area contributed by atoms with E-state index in [1.807, 2.05) is 38.1 Å². The molecule has 3 aromatic rings. The Bertz CT molecular complexity index is 1080. The maximum atomic E-state index is 13.6. The molecule has 0 aliphatic heterocycles. The van der Waals surface area contributed by atoms with Gasteiger partial charge in [0.05, 0.1) is 0 Å². The van der Waals surface area contributed by atoms with Gasteiger partial charge in [-0.05, 0) is 60.9 Å². The van der Waals surface area contributed by atoms with Crippen molar-refractivity contribution in [1.29, 1.82) is 0 Å². The van der Waals surface area contributed by atoms with E-state index in [4.69, 9.17) is 0 Å². The molecule has 3 aromatic carbocycles. The number of hydrogen-bond donors (Lipinski definition) is 2. The third kappa shape index (κ3) is 4.97. The molecule has 0 saturated heterocycles. The fourth-order valence-electron chi connectivity index (χ4n) is 2.81. The number of carbonyl (C=O) groups excluding carboxylic acids is 2. The first-order chi connectivity index (χ1) is 14.3. The zero-order valence-electron chi connectivity index (χ0n) is 16.5. The molecule has 152 valence electrons. The van der Waals surface area contributed by atoms with Crippen LogP contribution in [0.25, 0.3) is 6.08 Å². The van der Waals surface area contributed by atoms with Gasteiger partial charge in [0.15, 0.2) is 11.6 Å². The summed E-state index contributed by atoms with van der Waals surface area (Å²) < 4.78 is 26.9. The van der Waals surface area contributed by atoms with Crippen molar-refractivity contribution in [3.63, 3.8) is 0 Å². The molecule has 0 unspecified atom stereocenters. The highest BCUT2D eigenvalue weighted by atomic mass is 19.2. The van der Waals surface area contributed by atoms with Gasteiger partial charge in [0.2, 0.25) is 0 Å². The Morgan fingerprint density at radius 2 is 1.23 bits per heavy atom. The molecular formula is C24H20F2N2O2. The van der Waals surface area contributed by atoms with Crippen LogP contribution in [0.4, 0.5) is 20.2 Å². The highest BCUT2D eigenvalue weighted by Gasteiger charge is 2.20. The molecule has 6 heteroatoms. The number of benzene rings is 3. The molecule has 3 rings (SSSR count). The third-order valence-corrected chi connectivity index (χ3v) is 4.53. The lowest BCUT2D eigenvalue weighted by atomic mass is 10.1. The fraction of sp³-hybridized carbons (Fsp3) is 0.0833. The van der Waals surface area contributed by atoms with Gasteiger partial charge in [-0.15, -0.1) is 0 Å². The second kappa shape index (κ2) is 9.13. The standard InChI is InChI=1S/C24H20F2N2O2/c1-15-7-3-5-9-21(15)27-23(29)18(13-17-11-12-19(25)20(26)14-17)24(30)28-22-10-6-4-8-16(22)2/h3-14H,1-2H3,(H,27,29)(H,28,30). The van der Waals surface area contributed by atoms with Crippen LogP contribution in [-0.4, -0.2) is 11.8 Å². The fourth-order valence-corrected chi connectivity index (χ4v) is 2.81. The van der Waals surface area contributed by atoms with E-state index in [1.165, 1.54) is 12.1 Å². The maximum absolute atomic E-state index is 13.6. The maximum Gasteiger partial charge on any atom is 0.261 e. The Kier molecular flexibility index (Phi) is 6.37. The summed E-state index contributed by atoms with van der Waals surface area (Å²) in [6.45, 7) is 3.64. The van der Waals surface area contributed by atoms with Crippen molar-refractivity contribution in [2.24, 2.45) is 0 Å². The molecule has 2 amide bonds. The van der Waals surface area contributed by atoms with Crippen molar-refractivity contribution in [3.05, 3.63) is 101 Å². The minimum absolute atomic E-state index is 0.184. The Morgan fingerprint density at radius 3 is 1.70 bits per heavy atom. The summed E-state index contributed by atoms with van der Waals surface area (Å²) in [6, 6.07) is 17.4. The van der Waals surface area contributed by atoms with Gasteiger partial charge in [-0.3, -0.25) is 9.59 Å². The molecular weight excluding hydrogens is 386 g/mol. The molecule has 2 N–H and O–H groups in total. The molecule has 0 fully saturated rings. The zero-order valence-corrected chi connectivity index (χ0v) is 16.5. The highest BCUT2D eigenvalue weighted by Crippen LogP contribution is 2.19. The lowest BCUT2D eigenvalue weighted by Crippen LogP contribution is -2.26. The Balaban J connectivity index is 1.97. The Labute approximate surface area is 173 Å². The summed E-state index contributed by atoms with van der Waals surface area (Å²) in [6.07, 6.45) is 1.23. The monoisotopic (exact) mass is 406 g/mol. The topological polar surface area (TPSA) is 58.2 Å². The summed E-state index contributed by atoms with van der Waals surface area (Å²) in [7, 11) is 0. The molecule has 0 aliphatic rings. The smallest absolute Gasteiger partial charge is 0.261 e. The molecule has 0 spiro atoms. The quantitative estimate of drug-likeness (QED) is 0.346. The van der Waals surface area contributed by atoms with E-state index in [2.05, 4.69) is 10.6 Å². The molecule has 4 nitrogen and oxygen atoms in total. The summed E-state index contributed by atoms with van der Waals surface area (Å²) in [4.78, 5) is 25.9. The number of anilines is 2. The second-order valence-corrected chi connectivity index (χ2v) is 6.77. The Morgan fingerprint density at radius 1 is 0.733 bits per heavy atom. The predicted octanol–water partition coefficient (Wildman–Crippen LogP) is 5.24. The van der Waals surface area contributed by atoms with Gasteiger partial charge in [-0.1, -0.05) is 42.5 Å². The van der Waals surface area contributed by atoms with Gasteiger partial charge in [-0.2, -0.15) is 0 Å². The second-order valence-electron chi connectivity index (χ2n) is 6.77. The summed E-state index contributed by atoms with van der Waals surface area (Å²) in [5.41, 5.74) is 2.66. The van der Waals surface area contributed by atoms with Crippen molar-refractivity contribution in [1.82, 2.24) is 0 Å². The van der Waals surface area contributed by atoms with Crippen molar-refractivity contribution in [2.75, 3.05) is 10.6 Å². The minimum Gasteiger partial charge on any atom is -0.322 e. The molecule has 0 radical (unpaired) electrons. The summed E-state index contributed by atoms with van der Waals surface area (Å²) in [5.74, 6) is -3.41. The number of halogens is 2. The molecule has 0 aliphatic carbocycles. The SMILES string of the molecule is Cc1ccccc1NC(=O)C(=Cc1ccc(F)c(F)c1)C(=O)Nc1ccccc1C. The van der Waals surface area contributed by atoms with Crippen molar-refractivity contribution in [2.45, 2.75) is 13.8 Å². The first kappa shape index (κ1) is 20.9. The molecule has 30 heavy (non-hydrogen) atoms.